The largest absolute Gasteiger partial charge is 0.482 e. The maximum absolute atomic E-state index is 12.2. The third kappa shape index (κ3) is 3.28. The standard InChI is InChI=1S/C16H13ClN2O4/c17-11-4-2-1-3-10(11)15(21)16(22)18-9-5-6-12-13(7-9)23-8-14(20)19-12/h1-7,15,21H,8H2,(H,18,22)(H,19,20)/t15-/m1/s1. The first kappa shape index (κ1) is 15.3. The van der Waals surface area contributed by atoms with Crippen LogP contribution in [0.25, 0.3) is 0 Å². The van der Waals surface area contributed by atoms with Crippen LogP contribution in [0.4, 0.5) is 11.4 Å². The average Bonchev–Trinajstić information content (AvgIpc) is 2.55. The van der Waals surface area contributed by atoms with Crippen molar-refractivity contribution < 1.29 is 19.4 Å². The zero-order chi connectivity index (χ0) is 16.4. The minimum atomic E-state index is -1.39. The van der Waals surface area contributed by atoms with Gasteiger partial charge in [-0.3, -0.25) is 9.59 Å². The van der Waals surface area contributed by atoms with E-state index in [0.717, 1.165) is 0 Å². The Morgan fingerprint density at radius 2 is 2.09 bits per heavy atom. The van der Waals surface area contributed by atoms with Gasteiger partial charge in [0.1, 0.15) is 5.75 Å². The van der Waals surface area contributed by atoms with Crippen LogP contribution in [0.2, 0.25) is 5.02 Å². The van der Waals surface area contributed by atoms with Crippen molar-refractivity contribution in [2.24, 2.45) is 0 Å². The fourth-order valence-corrected chi connectivity index (χ4v) is 2.44. The first-order chi connectivity index (χ1) is 11.0. The molecule has 3 N–H and O–H groups in total. The average molecular weight is 333 g/mol. The van der Waals surface area contributed by atoms with Gasteiger partial charge in [-0.15, -0.1) is 0 Å². The molecule has 0 aromatic heterocycles. The van der Waals surface area contributed by atoms with Crippen LogP contribution in [0.1, 0.15) is 11.7 Å². The monoisotopic (exact) mass is 332 g/mol. The van der Waals surface area contributed by atoms with Gasteiger partial charge in [0.05, 0.1) is 5.69 Å². The molecule has 0 saturated heterocycles. The van der Waals surface area contributed by atoms with Crippen LogP contribution in [-0.4, -0.2) is 23.5 Å². The van der Waals surface area contributed by atoms with E-state index in [1.54, 1.807) is 42.5 Å². The molecule has 0 saturated carbocycles. The molecule has 0 aliphatic carbocycles. The molecular formula is C16H13ClN2O4. The molecule has 1 aliphatic heterocycles. The molecule has 118 valence electrons. The van der Waals surface area contributed by atoms with E-state index in [1.165, 1.54) is 0 Å². The van der Waals surface area contributed by atoms with Crippen LogP contribution in [0.15, 0.2) is 42.5 Å². The smallest absolute Gasteiger partial charge is 0.262 e. The predicted molar refractivity (Wildman–Crippen MR) is 85.6 cm³/mol. The molecule has 0 fully saturated rings. The maximum atomic E-state index is 12.2. The van der Waals surface area contributed by atoms with Crippen molar-refractivity contribution in [3.63, 3.8) is 0 Å². The number of rotatable bonds is 3. The minimum Gasteiger partial charge on any atom is -0.482 e. The molecule has 2 aromatic rings. The highest BCUT2D eigenvalue weighted by Crippen LogP contribution is 2.31. The Balaban J connectivity index is 1.76. The number of ether oxygens (including phenoxy) is 1. The van der Waals surface area contributed by atoms with Gasteiger partial charge < -0.3 is 20.5 Å². The SMILES string of the molecule is O=C1COc2cc(NC(=O)[C@H](O)c3ccccc3Cl)ccc2N1. The lowest BCUT2D eigenvalue weighted by molar-refractivity contribution is -0.124. The van der Waals surface area contributed by atoms with Crippen LogP contribution >= 0.6 is 11.6 Å². The molecule has 0 unspecified atom stereocenters. The highest BCUT2D eigenvalue weighted by atomic mass is 35.5. The lowest BCUT2D eigenvalue weighted by Gasteiger charge is -2.19. The summed E-state index contributed by atoms with van der Waals surface area (Å²) in [4.78, 5) is 23.4. The fraction of sp³-hybridized carbons (Fsp3) is 0.125. The maximum Gasteiger partial charge on any atom is 0.262 e. The first-order valence-corrected chi connectivity index (χ1v) is 7.22. The summed E-state index contributed by atoms with van der Waals surface area (Å²) in [5.74, 6) is -0.393. The fourth-order valence-electron chi connectivity index (χ4n) is 2.20. The number of benzene rings is 2. The number of carbonyl (C=O) groups is 2. The quantitative estimate of drug-likeness (QED) is 0.805. The first-order valence-electron chi connectivity index (χ1n) is 6.84. The Morgan fingerprint density at radius 3 is 2.87 bits per heavy atom. The molecule has 2 aromatic carbocycles. The van der Waals surface area contributed by atoms with Crippen LogP contribution in [-0.2, 0) is 9.59 Å². The Hall–Kier alpha value is -2.57. The van der Waals surface area contributed by atoms with Crippen molar-refractivity contribution in [2.45, 2.75) is 6.10 Å². The lowest BCUT2D eigenvalue weighted by Crippen LogP contribution is -2.25. The molecule has 1 atom stereocenters. The van der Waals surface area contributed by atoms with Gasteiger partial charge in [-0.05, 0) is 18.2 Å². The molecule has 0 radical (unpaired) electrons. The van der Waals surface area contributed by atoms with Crippen LogP contribution in [0.5, 0.6) is 5.75 Å². The van der Waals surface area contributed by atoms with Gasteiger partial charge in [-0.2, -0.15) is 0 Å². The lowest BCUT2D eigenvalue weighted by atomic mass is 10.1. The number of fused-ring (bicyclic) bond motifs is 1. The summed E-state index contributed by atoms with van der Waals surface area (Å²) in [5, 5.41) is 15.7. The summed E-state index contributed by atoms with van der Waals surface area (Å²) in [6.07, 6.45) is -1.39. The van der Waals surface area contributed by atoms with E-state index in [0.29, 0.717) is 27.7 Å². The predicted octanol–water partition coefficient (Wildman–Crippen LogP) is 2.34. The molecule has 2 amide bonds. The van der Waals surface area contributed by atoms with Gasteiger partial charge in [0, 0.05) is 22.3 Å². The number of aliphatic hydroxyl groups excluding tert-OH is 1. The molecular weight excluding hydrogens is 320 g/mol. The highest BCUT2D eigenvalue weighted by Gasteiger charge is 2.21. The van der Waals surface area contributed by atoms with Gasteiger partial charge in [-0.1, -0.05) is 29.8 Å². The summed E-state index contributed by atoms with van der Waals surface area (Å²) in [5.41, 5.74) is 1.30. The van der Waals surface area contributed by atoms with Crippen LogP contribution in [0.3, 0.4) is 0 Å². The minimum absolute atomic E-state index is 0.0767. The Bertz CT molecular complexity index is 778. The van der Waals surface area contributed by atoms with Gasteiger partial charge >= 0.3 is 0 Å². The number of halogens is 1. The molecule has 1 aliphatic rings. The molecule has 3 rings (SSSR count). The van der Waals surface area contributed by atoms with Crippen molar-refractivity contribution in [3.05, 3.63) is 53.1 Å². The van der Waals surface area contributed by atoms with Crippen molar-refractivity contribution in [1.29, 1.82) is 0 Å². The summed E-state index contributed by atoms with van der Waals surface area (Å²) < 4.78 is 5.28. The van der Waals surface area contributed by atoms with Gasteiger partial charge in [0.15, 0.2) is 12.7 Å². The number of carbonyl (C=O) groups excluding carboxylic acids is 2. The van der Waals surface area contributed by atoms with Crippen molar-refractivity contribution in [3.8, 4) is 5.75 Å². The van der Waals surface area contributed by atoms with E-state index in [1.807, 2.05) is 0 Å². The van der Waals surface area contributed by atoms with Crippen molar-refractivity contribution >= 4 is 34.8 Å². The second-order valence-electron chi connectivity index (χ2n) is 4.96. The van der Waals surface area contributed by atoms with E-state index in [2.05, 4.69) is 10.6 Å². The summed E-state index contributed by atoms with van der Waals surface area (Å²) >= 11 is 5.97. The van der Waals surface area contributed by atoms with E-state index >= 15 is 0 Å². The number of hydrogen-bond acceptors (Lipinski definition) is 4. The number of amides is 2. The molecule has 23 heavy (non-hydrogen) atoms. The van der Waals surface area contributed by atoms with Gasteiger partial charge in [0.25, 0.3) is 11.8 Å². The van der Waals surface area contributed by atoms with E-state index in [-0.39, 0.29) is 12.5 Å². The third-order valence-electron chi connectivity index (χ3n) is 3.33. The number of hydrogen-bond donors (Lipinski definition) is 3. The Morgan fingerprint density at radius 1 is 1.30 bits per heavy atom. The Labute approximate surface area is 137 Å². The number of nitrogens with one attached hydrogen (secondary N) is 2. The van der Waals surface area contributed by atoms with E-state index < -0.39 is 12.0 Å². The zero-order valence-corrected chi connectivity index (χ0v) is 12.6. The molecule has 0 spiro atoms. The van der Waals surface area contributed by atoms with Crippen molar-refractivity contribution in [2.75, 3.05) is 17.2 Å². The third-order valence-corrected chi connectivity index (χ3v) is 3.67. The summed E-state index contributed by atoms with van der Waals surface area (Å²) in [6.45, 7) is -0.0767. The molecule has 1 heterocycles. The number of aliphatic hydroxyl groups is 1. The second-order valence-corrected chi connectivity index (χ2v) is 5.37. The van der Waals surface area contributed by atoms with E-state index in [4.69, 9.17) is 16.3 Å². The molecule has 0 bridgehead atoms. The van der Waals surface area contributed by atoms with Crippen molar-refractivity contribution in [1.82, 2.24) is 0 Å². The van der Waals surface area contributed by atoms with Crippen LogP contribution < -0.4 is 15.4 Å². The van der Waals surface area contributed by atoms with E-state index in [9.17, 15) is 14.7 Å². The molecule has 6 nitrogen and oxygen atoms in total. The number of anilines is 2. The summed E-state index contributed by atoms with van der Waals surface area (Å²) in [6, 6.07) is 11.4. The zero-order valence-electron chi connectivity index (χ0n) is 11.9. The van der Waals surface area contributed by atoms with Gasteiger partial charge in [0.2, 0.25) is 0 Å². The Kier molecular flexibility index (Phi) is 4.18. The normalized spacial score (nSPS) is 14.3. The second kappa shape index (κ2) is 6.28. The summed E-state index contributed by atoms with van der Waals surface area (Å²) in [7, 11) is 0. The van der Waals surface area contributed by atoms with Gasteiger partial charge in [-0.25, -0.2) is 0 Å². The molecule has 7 heteroatoms. The highest BCUT2D eigenvalue weighted by molar-refractivity contribution is 6.31. The van der Waals surface area contributed by atoms with Crippen LogP contribution in [0, 0.1) is 0 Å². The topological polar surface area (TPSA) is 87.7 Å².